The van der Waals surface area contributed by atoms with Gasteiger partial charge >= 0.3 is 17.9 Å². The average Bonchev–Trinajstić information content (AvgIpc) is 3.40. The van der Waals surface area contributed by atoms with E-state index in [1.165, 1.54) is 180 Å². The maximum atomic E-state index is 12.9. The first kappa shape index (κ1) is 70.8. The zero-order valence-electron chi connectivity index (χ0n) is 49.1. The topological polar surface area (TPSA) is 78.9 Å². The van der Waals surface area contributed by atoms with Gasteiger partial charge < -0.3 is 14.2 Å². The van der Waals surface area contributed by atoms with Crippen LogP contribution in [0.2, 0.25) is 0 Å². The van der Waals surface area contributed by atoms with E-state index in [0.717, 1.165) is 103 Å². The molecule has 6 nitrogen and oxygen atoms in total. The Labute approximate surface area is 459 Å². The van der Waals surface area contributed by atoms with Crippen molar-refractivity contribution in [2.45, 2.75) is 329 Å². The smallest absolute Gasteiger partial charge is 0.306 e. The first-order valence-corrected chi connectivity index (χ1v) is 31.9. The molecule has 0 heterocycles. The highest BCUT2D eigenvalue weighted by atomic mass is 16.6. The number of carbonyl (C=O) groups is 3. The predicted octanol–water partition coefficient (Wildman–Crippen LogP) is 21.7. The molecule has 0 aromatic carbocycles. The molecule has 0 rings (SSSR count). The molecule has 0 saturated heterocycles. The third-order valence-electron chi connectivity index (χ3n) is 13.9. The van der Waals surface area contributed by atoms with E-state index in [9.17, 15) is 14.4 Å². The minimum absolute atomic E-state index is 0.0831. The molecule has 0 aliphatic rings. The molecular weight excluding hydrogens is 913 g/mol. The molecule has 0 aromatic heterocycles. The lowest BCUT2D eigenvalue weighted by atomic mass is 10.0. The zero-order chi connectivity index (χ0) is 53.6. The van der Waals surface area contributed by atoms with Gasteiger partial charge in [0.1, 0.15) is 13.2 Å². The Balaban J connectivity index is 4.35. The van der Waals surface area contributed by atoms with E-state index in [-0.39, 0.29) is 31.1 Å². The quantitative estimate of drug-likeness (QED) is 0.0261. The largest absolute Gasteiger partial charge is 0.462 e. The van der Waals surface area contributed by atoms with Crippen LogP contribution in [-0.2, 0) is 28.6 Å². The van der Waals surface area contributed by atoms with Crippen LogP contribution in [0.25, 0.3) is 0 Å². The van der Waals surface area contributed by atoms with Crippen molar-refractivity contribution in [2.24, 2.45) is 0 Å². The molecule has 0 aliphatic heterocycles. The van der Waals surface area contributed by atoms with E-state index in [0.29, 0.717) is 19.3 Å². The molecule has 0 amide bonds. The summed E-state index contributed by atoms with van der Waals surface area (Å²) in [6.45, 7) is 6.53. The molecule has 0 aliphatic carbocycles. The third kappa shape index (κ3) is 59.7. The van der Waals surface area contributed by atoms with Crippen molar-refractivity contribution >= 4 is 17.9 Å². The van der Waals surface area contributed by atoms with Crippen LogP contribution in [0.3, 0.4) is 0 Å². The standard InChI is InChI=1S/C68H120O6/c1-4-7-10-13-16-19-22-25-28-31-32-33-34-35-36-38-40-43-46-49-52-55-58-61-67(70)73-64-65(63-72-66(69)60-57-54-51-48-45-42-39-30-27-24-21-18-15-12-9-6-3)74-68(71)62-59-56-53-50-47-44-41-37-29-26-23-20-17-14-11-8-5-2/h8,11,17,20-21,24,26,29-32,39,65H,4-7,9-10,12-16,18-19,22-23,25,27-28,33-38,40-64H2,1-3H3/b11-8-,20-17-,24-21-,29-26-,32-31-,39-30-. The fourth-order valence-corrected chi connectivity index (χ4v) is 9.13. The molecule has 1 unspecified atom stereocenters. The number of hydrogen-bond donors (Lipinski definition) is 0. The highest BCUT2D eigenvalue weighted by molar-refractivity contribution is 5.71. The summed E-state index contributed by atoms with van der Waals surface area (Å²) in [6.07, 6.45) is 80.5. The van der Waals surface area contributed by atoms with Crippen molar-refractivity contribution < 1.29 is 28.6 Å². The number of ether oxygens (including phenoxy) is 3. The van der Waals surface area contributed by atoms with Gasteiger partial charge in [0, 0.05) is 19.3 Å². The van der Waals surface area contributed by atoms with Gasteiger partial charge in [-0.1, -0.05) is 267 Å². The monoisotopic (exact) mass is 1030 g/mol. The van der Waals surface area contributed by atoms with Crippen molar-refractivity contribution in [2.75, 3.05) is 13.2 Å². The van der Waals surface area contributed by atoms with Gasteiger partial charge in [-0.05, 0) is 109 Å². The van der Waals surface area contributed by atoms with Crippen LogP contribution in [-0.4, -0.2) is 37.2 Å². The molecule has 1 atom stereocenters. The maximum Gasteiger partial charge on any atom is 0.306 e. The van der Waals surface area contributed by atoms with Crippen molar-refractivity contribution in [3.63, 3.8) is 0 Å². The summed E-state index contributed by atoms with van der Waals surface area (Å²) in [4.78, 5) is 38.3. The van der Waals surface area contributed by atoms with Crippen molar-refractivity contribution in [3.8, 4) is 0 Å². The second-order valence-electron chi connectivity index (χ2n) is 21.3. The summed E-state index contributed by atoms with van der Waals surface area (Å²) in [5, 5.41) is 0. The van der Waals surface area contributed by atoms with Gasteiger partial charge in [0.2, 0.25) is 0 Å². The number of unbranched alkanes of at least 4 members (excludes halogenated alkanes) is 35. The molecule has 6 heteroatoms. The summed E-state index contributed by atoms with van der Waals surface area (Å²) in [5.74, 6) is -0.894. The molecule has 74 heavy (non-hydrogen) atoms. The van der Waals surface area contributed by atoms with Crippen molar-refractivity contribution in [1.29, 1.82) is 0 Å². The minimum Gasteiger partial charge on any atom is -0.462 e. The molecule has 0 radical (unpaired) electrons. The van der Waals surface area contributed by atoms with Gasteiger partial charge in [-0.2, -0.15) is 0 Å². The Morgan fingerprint density at radius 2 is 0.527 bits per heavy atom. The fraction of sp³-hybridized carbons (Fsp3) is 0.779. The van der Waals surface area contributed by atoms with Crippen LogP contribution < -0.4 is 0 Å². The summed E-state index contributed by atoms with van der Waals surface area (Å²) in [5.41, 5.74) is 0. The Morgan fingerprint density at radius 1 is 0.284 bits per heavy atom. The Bertz CT molecular complexity index is 1370. The van der Waals surface area contributed by atoms with Crippen molar-refractivity contribution in [3.05, 3.63) is 72.9 Å². The van der Waals surface area contributed by atoms with E-state index in [2.05, 4.69) is 93.7 Å². The molecule has 0 fully saturated rings. The normalized spacial score (nSPS) is 12.5. The second-order valence-corrected chi connectivity index (χ2v) is 21.3. The SMILES string of the molecule is CC/C=C\C/C=C\C/C=C\CCCCCCCCCC(=O)OC(COC(=O)CCCCCCC/C=C\C/C=C\CCCCCC)COC(=O)CCCCCCCCCCCCC/C=C\CCCCCCCCCC. The average molecular weight is 1030 g/mol. The maximum absolute atomic E-state index is 12.9. The van der Waals surface area contributed by atoms with E-state index >= 15 is 0 Å². The Hall–Kier alpha value is -3.15. The Morgan fingerprint density at radius 3 is 0.851 bits per heavy atom. The van der Waals surface area contributed by atoms with Crippen LogP contribution in [0.4, 0.5) is 0 Å². The number of rotatable bonds is 58. The number of carbonyl (C=O) groups excluding carboxylic acids is 3. The molecule has 428 valence electrons. The van der Waals surface area contributed by atoms with E-state index in [1.54, 1.807) is 0 Å². The summed E-state index contributed by atoms with van der Waals surface area (Å²) >= 11 is 0. The van der Waals surface area contributed by atoms with Crippen LogP contribution in [0.5, 0.6) is 0 Å². The zero-order valence-corrected chi connectivity index (χ0v) is 49.1. The first-order valence-electron chi connectivity index (χ1n) is 31.9. The summed E-state index contributed by atoms with van der Waals surface area (Å²) in [7, 11) is 0. The van der Waals surface area contributed by atoms with Crippen LogP contribution in [0, 0.1) is 0 Å². The van der Waals surface area contributed by atoms with E-state index in [4.69, 9.17) is 14.2 Å². The van der Waals surface area contributed by atoms with Gasteiger partial charge in [-0.15, -0.1) is 0 Å². The highest BCUT2D eigenvalue weighted by Crippen LogP contribution is 2.16. The molecular formula is C68H120O6. The lowest BCUT2D eigenvalue weighted by Gasteiger charge is -2.18. The van der Waals surface area contributed by atoms with E-state index < -0.39 is 6.10 Å². The highest BCUT2D eigenvalue weighted by Gasteiger charge is 2.19. The fourth-order valence-electron chi connectivity index (χ4n) is 9.13. The lowest BCUT2D eigenvalue weighted by molar-refractivity contribution is -0.167. The van der Waals surface area contributed by atoms with Crippen LogP contribution >= 0.6 is 0 Å². The van der Waals surface area contributed by atoms with Crippen LogP contribution in [0.15, 0.2) is 72.9 Å². The molecule has 0 aromatic rings. The third-order valence-corrected chi connectivity index (χ3v) is 13.9. The second kappa shape index (κ2) is 62.4. The summed E-state index contributed by atoms with van der Waals surface area (Å²) < 4.78 is 16.9. The minimum atomic E-state index is -0.788. The number of hydrogen-bond acceptors (Lipinski definition) is 6. The van der Waals surface area contributed by atoms with Crippen molar-refractivity contribution in [1.82, 2.24) is 0 Å². The number of esters is 3. The first-order chi connectivity index (χ1) is 36.5. The lowest BCUT2D eigenvalue weighted by Crippen LogP contribution is -2.30. The van der Waals surface area contributed by atoms with Gasteiger partial charge in [-0.25, -0.2) is 0 Å². The van der Waals surface area contributed by atoms with Gasteiger partial charge in [-0.3, -0.25) is 14.4 Å². The molecule has 0 saturated carbocycles. The Kier molecular flexibility index (Phi) is 59.7. The predicted molar refractivity (Wildman–Crippen MR) is 321 cm³/mol. The van der Waals surface area contributed by atoms with E-state index in [1.807, 2.05) is 0 Å². The molecule has 0 spiro atoms. The van der Waals surface area contributed by atoms with Gasteiger partial charge in [0.15, 0.2) is 6.10 Å². The van der Waals surface area contributed by atoms with Gasteiger partial charge in [0.05, 0.1) is 0 Å². The molecule has 0 bridgehead atoms. The molecule has 0 N–H and O–H groups in total. The van der Waals surface area contributed by atoms with Crippen LogP contribution in [0.1, 0.15) is 323 Å². The number of allylic oxidation sites excluding steroid dienone is 12. The van der Waals surface area contributed by atoms with Gasteiger partial charge in [0.25, 0.3) is 0 Å². The summed E-state index contributed by atoms with van der Waals surface area (Å²) in [6, 6.07) is 0.